The van der Waals surface area contributed by atoms with Crippen molar-refractivity contribution in [2.75, 3.05) is 0 Å². The quantitative estimate of drug-likeness (QED) is 0.810. The molecule has 5 heteroatoms. The molecule has 0 saturated heterocycles. The molecule has 0 aromatic rings. The summed E-state index contributed by atoms with van der Waals surface area (Å²) in [6, 6.07) is -0.805. The Balaban J connectivity index is 1.92. The highest BCUT2D eigenvalue weighted by Gasteiger charge is 2.62. The van der Waals surface area contributed by atoms with Gasteiger partial charge < -0.3 is 15.2 Å². The molecule has 18 heavy (non-hydrogen) atoms. The highest BCUT2D eigenvalue weighted by atomic mass is 16.6. The molecule has 2 aliphatic carbocycles. The van der Waals surface area contributed by atoms with Gasteiger partial charge in [-0.1, -0.05) is 6.42 Å². The summed E-state index contributed by atoms with van der Waals surface area (Å²) in [7, 11) is 0. The summed E-state index contributed by atoms with van der Waals surface area (Å²) < 4.78 is 5.10. The molecule has 2 N–H and O–H groups in total. The van der Waals surface area contributed by atoms with Crippen LogP contribution in [-0.4, -0.2) is 28.8 Å². The molecule has 2 atom stereocenters. The maximum absolute atomic E-state index is 11.6. The first-order valence-corrected chi connectivity index (χ1v) is 6.46. The Bertz CT molecular complexity index is 368. The summed E-state index contributed by atoms with van der Waals surface area (Å²) in [5, 5.41) is 11.7. The van der Waals surface area contributed by atoms with Gasteiger partial charge in [0.1, 0.15) is 11.6 Å². The van der Waals surface area contributed by atoms with E-state index >= 15 is 0 Å². The van der Waals surface area contributed by atoms with Gasteiger partial charge in [0.15, 0.2) is 0 Å². The Labute approximate surface area is 107 Å². The molecule has 2 rings (SSSR count). The summed E-state index contributed by atoms with van der Waals surface area (Å²) in [6.07, 6.45) is 3.64. The van der Waals surface area contributed by atoms with E-state index in [0.29, 0.717) is 0 Å². The average molecular weight is 255 g/mol. The Morgan fingerprint density at radius 2 is 2.00 bits per heavy atom. The largest absolute Gasteiger partial charge is 0.480 e. The molecule has 0 aromatic heterocycles. The third-order valence-electron chi connectivity index (χ3n) is 3.94. The van der Waals surface area contributed by atoms with Gasteiger partial charge in [-0.05, 0) is 51.4 Å². The predicted octanol–water partition coefficient (Wildman–Crippen LogP) is 2.15. The van der Waals surface area contributed by atoms with Crippen molar-refractivity contribution in [3.63, 3.8) is 0 Å². The number of amides is 1. The van der Waals surface area contributed by atoms with Gasteiger partial charge in [-0.2, -0.15) is 0 Å². The van der Waals surface area contributed by atoms with Crippen LogP contribution in [0.2, 0.25) is 0 Å². The van der Waals surface area contributed by atoms with E-state index in [9.17, 15) is 14.7 Å². The fraction of sp³-hybridized carbons (Fsp3) is 0.846. The van der Waals surface area contributed by atoms with E-state index in [4.69, 9.17) is 4.74 Å². The molecule has 2 saturated carbocycles. The van der Waals surface area contributed by atoms with Crippen LogP contribution >= 0.6 is 0 Å². The van der Waals surface area contributed by atoms with Gasteiger partial charge in [-0.3, -0.25) is 0 Å². The normalized spacial score (nSPS) is 26.1. The molecule has 102 valence electrons. The van der Waals surface area contributed by atoms with Crippen molar-refractivity contribution in [1.29, 1.82) is 0 Å². The summed E-state index contributed by atoms with van der Waals surface area (Å²) >= 11 is 0. The van der Waals surface area contributed by atoms with E-state index in [-0.39, 0.29) is 11.3 Å². The van der Waals surface area contributed by atoms with Crippen LogP contribution in [-0.2, 0) is 9.53 Å². The number of carboxylic acid groups (broad SMARTS) is 1. The number of carboxylic acids is 1. The SMILES string of the molecule is CC(C)(C)OC(=O)N[C@H](C(=O)O)C1CC12CCC2. The Morgan fingerprint density at radius 3 is 2.33 bits per heavy atom. The maximum Gasteiger partial charge on any atom is 0.408 e. The lowest BCUT2D eigenvalue weighted by molar-refractivity contribution is -0.140. The highest BCUT2D eigenvalue weighted by Crippen LogP contribution is 2.66. The number of hydrogen-bond donors (Lipinski definition) is 2. The Morgan fingerprint density at radius 1 is 1.39 bits per heavy atom. The average Bonchev–Trinajstić information content (AvgIpc) is 2.84. The van der Waals surface area contributed by atoms with E-state index in [1.807, 2.05) is 0 Å². The lowest BCUT2D eigenvalue weighted by Gasteiger charge is -2.29. The summed E-state index contributed by atoms with van der Waals surface area (Å²) in [6.45, 7) is 5.27. The van der Waals surface area contributed by atoms with E-state index < -0.39 is 23.7 Å². The lowest BCUT2D eigenvalue weighted by Crippen LogP contribution is -2.46. The van der Waals surface area contributed by atoms with Crippen LogP contribution < -0.4 is 5.32 Å². The molecule has 1 amide bonds. The number of nitrogens with one attached hydrogen (secondary N) is 1. The van der Waals surface area contributed by atoms with E-state index in [1.54, 1.807) is 20.8 Å². The van der Waals surface area contributed by atoms with Crippen LogP contribution in [0.1, 0.15) is 46.5 Å². The second kappa shape index (κ2) is 4.14. The zero-order chi connectivity index (χ0) is 13.6. The fourth-order valence-corrected chi connectivity index (χ4v) is 2.83. The van der Waals surface area contributed by atoms with Crippen LogP contribution in [0, 0.1) is 11.3 Å². The van der Waals surface area contributed by atoms with Crippen LogP contribution in [0.3, 0.4) is 0 Å². The minimum Gasteiger partial charge on any atom is -0.480 e. The van der Waals surface area contributed by atoms with Crippen molar-refractivity contribution in [3.8, 4) is 0 Å². The van der Waals surface area contributed by atoms with Crippen molar-refractivity contribution in [2.45, 2.75) is 58.1 Å². The number of hydrogen-bond acceptors (Lipinski definition) is 3. The summed E-state index contributed by atoms with van der Waals surface area (Å²) in [5.74, 6) is -0.883. The van der Waals surface area contributed by atoms with E-state index in [2.05, 4.69) is 5.32 Å². The molecule has 5 nitrogen and oxygen atoms in total. The van der Waals surface area contributed by atoms with Crippen LogP contribution in [0.5, 0.6) is 0 Å². The van der Waals surface area contributed by atoms with Crippen molar-refractivity contribution in [3.05, 3.63) is 0 Å². The van der Waals surface area contributed by atoms with Crippen molar-refractivity contribution in [2.24, 2.45) is 11.3 Å². The number of ether oxygens (including phenoxy) is 1. The number of rotatable bonds is 3. The zero-order valence-corrected chi connectivity index (χ0v) is 11.2. The highest BCUT2D eigenvalue weighted by molar-refractivity contribution is 5.81. The second-order valence-electron chi connectivity index (χ2n) is 6.49. The van der Waals surface area contributed by atoms with Gasteiger partial charge in [0.2, 0.25) is 0 Å². The Kier molecular flexibility index (Phi) is 3.03. The standard InChI is InChI=1S/C13H21NO4/c1-12(2,3)18-11(17)14-9(10(15)16)8-7-13(8)5-4-6-13/h8-9H,4-7H2,1-3H3,(H,14,17)(H,15,16)/t8?,9-/m0/s1. The van der Waals surface area contributed by atoms with Crippen molar-refractivity contribution in [1.82, 2.24) is 5.32 Å². The number of carbonyl (C=O) groups excluding carboxylic acids is 1. The molecule has 1 unspecified atom stereocenters. The second-order valence-corrected chi connectivity index (χ2v) is 6.49. The maximum atomic E-state index is 11.6. The molecule has 0 aliphatic heterocycles. The summed E-state index contributed by atoms with van der Waals surface area (Å²) in [4.78, 5) is 22.9. The first-order chi connectivity index (χ1) is 8.23. The van der Waals surface area contributed by atoms with Crippen molar-refractivity contribution >= 4 is 12.1 Å². The molecule has 2 aliphatic rings. The zero-order valence-electron chi connectivity index (χ0n) is 11.2. The van der Waals surface area contributed by atoms with Gasteiger partial charge in [-0.15, -0.1) is 0 Å². The third-order valence-corrected chi connectivity index (χ3v) is 3.94. The van der Waals surface area contributed by atoms with Gasteiger partial charge in [-0.25, -0.2) is 9.59 Å². The van der Waals surface area contributed by atoms with Crippen LogP contribution in [0.15, 0.2) is 0 Å². The molecule has 0 heterocycles. The molecule has 0 bridgehead atoms. The third kappa shape index (κ3) is 2.60. The monoisotopic (exact) mass is 255 g/mol. The van der Waals surface area contributed by atoms with Crippen molar-refractivity contribution < 1.29 is 19.4 Å². The topological polar surface area (TPSA) is 75.6 Å². The van der Waals surface area contributed by atoms with E-state index in [1.165, 1.54) is 6.42 Å². The number of aliphatic carboxylic acids is 1. The molecule has 0 aromatic carbocycles. The number of alkyl carbamates (subject to hydrolysis) is 1. The minimum absolute atomic E-state index is 0.0799. The Hall–Kier alpha value is -1.26. The van der Waals surface area contributed by atoms with Gasteiger partial charge in [0.05, 0.1) is 0 Å². The molecule has 2 fully saturated rings. The molecular weight excluding hydrogens is 234 g/mol. The fourth-order valence-electron chi connectivity index (χ4n) is 2.83. The summed E-state index contributed by atoms with van der Waals surface area (Å²) in [5.41, 5.74) is -0.400. The lowest BCUT2D eigenvalue weighted by atomic mass is 9.78. The van der Waals surface area contributed by atoms with Crippen LogP contribution in [0.25, 0.3) is 0 Å². The first-order valence-electron chi connectivity index (χ1n) is 6.46. The van der Waals surface area contributed by atoms with Gasteiger partial charge >= 0.3 is 12.1 Å². The predicted molar refractivity (Wildman–Crippen MR) is 65.2 cm³/mol. The number of carbonyl (C=O) groups is 2. The first kappa shape index (κ1) is 13.2. The minimum atomic E-state index is -0.963. The van der Waals surface area contributed by atoms with Gasteiger partial charge in [0.25, 0.3) is 0 Å². The van der Waals surface area contributed by atoms with E-state index in [0.717, 1.165) is 19.3 Å². The van der Waals surface area contributed by atoms with Gasteiger partial charge in [0, 0.05) is 0 Å². The molecule has 0 radical (unpaired) electrons. The molecular formula is C13H21NO4. The molecule has 1 spiro atoms. The van der Waals surface area contributed by atoms with Crippen LogP contribution in [0.4, 0.5) is 4.79 Å². The smallest absolute Gasteiger partial charge is 0.408 e.